The lowest BCUT2D eigenvalue weighted by atomic mass is 9.94. The van der Waals surface area contributed by atoms with Crippen LogP contribution in [0.3, 0.4) is 0 Å². The van der Waals surface area contributed by atoms with Crippen molar-refractivity contribution in [2.45, 2.75) is 12.3 Å². The summed E-state index contributed by atoms with van der Waals surface area (Å²) >= 11 is 12.2. The molecule has 1 N–H and O–H groups in total. The number of methoxy groups -OCH3 is 1. The molecule has 1 unspecified atom stereocenters. The minimum Gasteiger partial charge on any atom is -0.497 e. The van der Waals surface area contributed by atoms with E-state index in [1.54, 1.807) is 36.1 Å². The van der Waals surface area contributed by atoms with Crippen molar-refractivity contribution in [2.75, 3.05) is 7.11 Å². The minimum absolute atomic E-state index is 0.222. The maximum atomic E-state index is 12.0. The summed E-state index contributed by atoms with van der Waals surface area (Å²) in [5, 5.41) is 15.8. The van der Waals surface area contributed by atoms with E-state index in [4.69, 9.17) is 33.0 Å². The lowest BCUT2D eigenvalue weighted by molar-refractivity contribution is -0.138. The van der Waals surface area contributed by atoms with E-state index in [1.165, 1.54) is 0 Å². The largest absolute Gasteiger partial charge is 0.497 e. The molecule has 32 heavy (non-hydrogen) atoms. The highest BCUT2D eigenvalue weighted by atomic mass is 35.5. The van der Waals surface area contributed by atoms with E-state index in [0.29, 0.717) is 21.3 Å². The predicted molar refractivity (Wildman–Crippen MR) is 126 cm³/mol. The van der Waals surface area contributed by atoms with Crippen molar-refractivity contribution in [3.8, 4) is 22.7 Å². The van der Waals surface area contributed by atoms with Crippen LogP contribution < -0.4 is 4.74 Å². The van der Waals surface area contributed by atoms with Gasteiger partial charge in [0.05, 0.1) is 30.1 Å². The number of carboxylic acid groups (broad SMARTS) is 1. The minimum atomic E-state index is -0.931. The third kappa shape index (κ3) is 4.79. The van der Waals surface area contributed by atoms with Crippen molar-refractivity contribution in [1.29, 1.82) is 0 Å². The lowest BCUT2D eigenvalue weighted by Crippen LogP contribution is -2.15. The fourth-order valence-electron chi connectivity index (χ4n) is 3.56. The molecule has 0 spiro atoms. The fourth-order valence-corrected chi connectivity index (χ4v) is 3.88. The van der Waals surface area contributed by atoms with Crippen LogP contribution in [0.25, 0.3) is 16.9 Å². The van der Waals surface area contributed by atoms with Crippen molar-refractivity contribution in [3.05, 3.63) is 100 Å². The molecular formula is C25H20Cl2N2O3. The van der Waals surface area contributed by atoms with Crippen LogP contribution in [0.2, 0.25) is 10.0 Å². The highest BCUT2D eigenvalue weighted by molar-refractivity contribution is 6.30. The molecule has 0 bridgehead atoms. The highest BCUT2D eigenvalue weighted by Gasteiger charge is 2.23. The molecule has 4 rings (SSSR count). The van der Waals surface area contributed by atoms with Gasteiger partial charge in [0.15, 0.2) is 0 Å². The van der Waals surface area contributed by atoms with E-state index in [9.17, 15) is 9.90 Å². The van der Waals surface area contributed by atoms with Gasteiger partial charge in [-0.25, -0.2) is 4.68 Å². The van der Waals surface area contributed by atoms with Gasteiger partial charge >= 0.3 is 5.97 Å². The van der Waals surface area contributed by atoms with Gasteiger partial charge in [-0.3, -0.25) is 4.79 Å². The number of benzene rings is 3. The van der Waals surface area contributed by atoms with E-state index < -0.39 is 11.9 Å². The first-order valence-electron chi connectivity index (χ1n) is 9.92. The molecule has 0 aliphatic rings. The van der Waals surface area contributed by atoms with Crippen LogP contribution in [0.1, 0.15) is 17.2 Å². The first kappa shape index (κ1) is 21.9. The van der Waals surface area contributed by atoms with Crippen LogP contribution in [0.15, 0.2) is 78.9 Å². The van der Waals surface area contributed by atoms with Crippen molar-refractivity contribution in [1.82, 2.24) is 9.78 Å². The van der Waals surface area contributed by atoms with Gasteiger partial charge < -0.3 is 9.84 Å². The predicted octanol–water partition coefficient (Wildman–Crippen LogP) is 6.27. The van der Waals surface area contributed by atoms with Crippen LogP contribution in [0.5, 0.6) is 5.75 Å². The van der Waals surface area contributed by atoms with Gasteiger partial charge in [0.1, 0.15) is 5.75 Å². The number of halogens is 2. The standard InChI is InChI=1S/C25H20Cl2N2O3/c1-32-22-11-9-21(10-12-22)29-24(16-5-7-18(26)8-6-16)15-20(28-29)14-23(25(30)31)17-3-2-4-19(27)13-17/h2-13,15,23H,14H2,1H3,(H,30,31). The molecular weight excluding hydrogens is 447 g/mol. The number of aliphatic carboxylic acids is 1. The Bertz CT molecular complexity index is 1240. The second-order valence-corrected chi connectivity index (χ2v) is 8.16. The SMILES string of the molecule is COc1ccc(-n2nc(CC(C(=O)O)c3cccc(Cl)c3)cc2-c2ccc(Cl)cc2)cc1. The molecule has 1 atom stereocenters. The van der Waals surface area contributed by atoms with E-state index in [0.717, 1.165) is 22.7 Å². The summed E-state index contributed by atoms with van der Waals surface area (Å²) in [7, 11) is 1.61. The third-order valence-corrected chi connectivity index (χ3v) is 5.67. The summed E-state index contributed by atoms with van der Waals surface area (Å²) in [5.41, 5.74) is 3.86. The molecule has 7 heteroatoms. The van der Waals surface area contributed by atoms with Crippen LogP contribution in [-0.4, -0.2) is 28.0 Å². The molecule has 162 valence electrons. The Morgan fingerprint density at radius 3 is 2.34 bits per heavy atom. The Balaban J connectivity index is 1.77. The summed E-state index contributed by atoms with van der Waals surface area (Å²) in [6.45, 7) is 0. The number of rotatable bonds is 7. The first-order chi connectivity index (χ1) is 15.4. The van der Waals surface area contributed by atoms with E-state index >= 15 is 0 Å². The maximum Gasteiger partial charge on any atom is 0.311 e. The van der Waals surface area contributed by atoms with Crippen LogP contribution in [-0.2, 0) is 11.2 Å². The quantitative estimate of drug-likeness (QED) is 0.348. The van der Waals surface area contributed by atoms with Crippen molar-refractivity contribution in [3.63, 3.8) is 0 Å². The van der Waals surface area contributed by atoms with E-state index in [1.807, 2.05) is 54.6 Å². The van der Waals surface area contributed by atoms with Crippen LogP contribution in [0.4, 0.5) is 0 Å². The molecule has 4 aromatic rings. The van der Waals surface area contributed by atoms with Gasteiger partial charge in [-0.1, -0.05) is 47.5 Å². The molecule has 1 heterocycles. The van der Waals surface area contributed by atoms with Gasteiger partial charge in [0.25, 0.3) is 0 Å². The molecule has 0 saturated heterocycles. The summed E-state index contributed by atoms with van der Waals surface area (Å²) < 4.78 is 7.06. The number of carbonyl (C=O) groups is 1. The van der Waals surface area contributed by atoms with Gasteiger partial charge in [-0.2, -0.15) is 5.10 Å². The Morgan fingerprint density at radius 2 is 1.72 bits per heavy atom. The number of aromatic nitrogens is 2. The molecule has 0 amide bonds. The highest BCUT2D eigenvalue weighted by Crippen LogP contribution is 2.29. The average molecular weight is 467 g/mol. The van der Waals surface area contributed by atoms with E-state index in [-0.39, 0.29) is 6.42 Å². The number of nitrogens with zero attached hydrogens (tertiary/aromatic N) is 2. The second kappa shape index (κ2) is 9.47. The summed E-state index contributed by atoms with van der Waals surface area (Å²) in [6, 6.07) is 23.8. The molecule has 0 aliphatic heterocycles. The number of carboxylic acids is 1. The number of hydrogen-bond donors (Lipinski definition) is 1. The van der Waals surface area contributed by atoms with Gasteiger partial charge in [0, 0.05) is 22.0 Å². The third-order valence-electron chi connectivity index (χ3n) is 5.18. The summed E-state index contributed by atoms with van der Waals surface area (Å²) in [6.07, 6.45) is 0.222. The van der Waals surface area contributed by atoms with Crippen LogP contribution in [0, 0.1) is 0 Å². The molecule has 5 nitrogen and oxygen atoms in total. The smallest absolute Gasteiger partial charge is 0.311 e. The second-order valence-electron chi connectivity index (χ2n) is 7.29. The van der Waals surface area contributed by atoms with Crippen molar-refractivity contribution < 1.29 is 14.6 Å². The van der Waals surface area contributed by atoms with Gasteiger partial charge in [-0.15, -0.1) is 0 Å². The van der Waals surface area contributed by atoms with Crippen LogP contribution >= 0.6 is 23.2 Å². The van der Waals surface area contributed by atoms with Gasteiger partial charge in [-0.05, 0) is 60.2 Å². The molecule has 0 radical (unpaired) electrons. The zero-order valence-electron chi connectivity index (χ0n) is 17.2. The number of hydrogen-bond acceptors (Lipinski definition) is 3. The van der Waals surface area contributed by atoms with Crippen molar-refractivity contribution in [2.24, 2.45) is 0 Å². The topological polar surface area (TPSA) is 64.4 Å². The normalized spacial score (nSPS) is 11.8. The average Bonchev–Trinajstić information content (AvgIpc) is 3.22. The van der Waals surface area contributed by atoms with E-state index in [2.05, 4.69) is 0 Å². The van der Waals surface area contributed by atoms with Crippen molar-refractivity contribution >= 4 is 29.2 Å². The zero-order chi connectivity index (χ0) is 22.7. The first-order valence-corrected chi connectivity index (χ1v) is 10.7. The Labute approximate surface area is 195 Å². The zero-order valence-corrected chi connectivity index (χ0v) is 18.7. The Morgan fingerprint density at radius 1 is 1.00 bits per heavy atom. The summed E-state index contributed by atoms with van der Waals surface area (Å²) in [5.74, 6) is -0.966. The molecule has 0 aliphatic carbocycles. The molecule has 3 aromatic carbocycles. The van der Waals surface area contributed by atoms with Gasteiger partial charge in [0.2, 0.25) is 0 Å². The lowest BCUT2D eigenvalue weighted by Gasteiger charge is -2.11. The Hall–Kier alpha value is -3.28. The maximum absolute atomic E-state index is 12.0. The molecule has 0 saturated carbocycles. The fraction of sp³-hybridized carbons (Fsp3) is 0.120. The monoisotopic (exact) mass is 466 g/mol. The number of ether oxygens (including phenoxy) is 1. The molecule has 0 fully saturated rings. The molecule has 1 aromatic heterocycles. The summed E-state index contributed by atoms with van der Waals surface area (Å²) in [4.78, 5) is 12.0. The Kier molecular flexibility index (Phi) is 6.49.